The lowest BCUT2D eigenvalue weighted by atomic mass is 9.88. The third-order valence-electron chi connectivity index (χ3n) is 3.98. The van der Waals surface area contributed by atoms with Gasteiger partial charge >= 0.3 is 12.3 Å². The van der Waals surface area contributed by atoms with Gasteiger partial charge in [-0.3, -0.25) is 9.59 Å². The summed E-state index contributed by atoms with van der Waals surface area (Å²) in [7, 11) is 0. The number of hydrogen-bond acceptors (Lipinski definition) is 4. The number of ketones is 2. The van der Waals surface area contributed by atoms with Crippen LogP contribution in [0.2, 0.25) is 0 Å². The summed E-state index contributed by atoms with van der Waals surface area (Å²) in [5.41, 5.74) is 4.27. The van der Waals surface area contributed by atoms with E-state index < -0.39 is 35.3 Å². The molecule has 1 aromatic carbocycles. The maximum atomic E-state index is 12.6. The van der Waals surface area contributed by atoms with Gasteiger partial charge in [-0.05, 0) is 31.0 Å². The highest BCUT2D eigenvalue weighted by Crippen LogP contribution is 2.28. The molecule has 1 aliphatic rings. The maximum absolute atomic E-state index is 12.6. The van der Waals surface area contributed by atoms with Crippen LogP contribution in [0.5, 0.6) is 0 Å². The van der Waals surface area contributed by atoms with E-state index in [2.05, 4.69) is 0 Å². The zero-order valence-electron chi connectivity index (χ0n) is 12.5. The monoisotopic (exact) mass is 344 g/mol. The van der Waals surface area contributed by atoms with Crippen LogP contribution in [0.3, 0.4) is 0 Å². The van der Waals surface area contributed by atoms with E-state index in [-0.39, 0.29) is 37.2 Å². The normalized spacial score (nSPS) is 16.0. The summed E-state index contributed by atoms with van der Waals surface area (Å²) in [4.78, 5) is 35.8. The van der Waals surface area contributed by atoms with E-state index in [1.165, 1.54) is 11.0 Å². The van der Waals surface area contributed by atoms with E-state index in [9.17, 15) is 27.6 Å². The number of carboxylic acid groups (broad SMARTS) is 1. The molecule has 0 saturated carbocycles. The molecular weight excluding hydrogens is 329 g/mol. The minimum atomic E-state index is -5.08. The number of benzene rings is 1. The van der Waals surface area contributed by atoms with E-state index in [1.54, 1.807) is 0 Å². The van der Waals surface area contributed by atoms with Gasteiger partial charge in [0.2, 0.25) is 0 Å². The number of nitrogens with two attached hydrogens (primary N) is 1. The highest BCUT2D eigenvalue weighted by atomic mass is 19.4. The van der Waals surface area contributed by atoms with Crippen molar-refractivity contribution in [2.45, 2.75) is 19.0 Å². The molecular formula is C15H15F3N2O4. The summed E-state index contributed by atoms with van der Waals surface area (Å²) in [6.45, 7) is 0.351. The van der Waals surface area contributed by atoms with Gasteiger partial charge in [0.1, 0.15) is 0 Å². The highest BCUT2D eigenvalue weighted by molar-refractivity contribution is 6.07. The molecule has 3 N–H and O–H groups in total. The number of hydrogen-bond donors (Lipinski definition) is 2. The van der Waals surface area contributed by atoms with Gasteiger partial charge in [0.05, 0.1) is 5.56 Å². The quantitative estimate of drug-likeness (QED) is 0.648. The lowest BCUT2D eigenvalue weighted by Crippen LogP contribution is -2.39. The van der Waals surface area contributed by atoms with Gasteiger partial charge in [-0.2, -0.15) is 13.2 Å². The van der Waals surface area contributed by atoms with Crippen LogP contribution in [0.25, 0.3) is 0 Å². The number of alkyl halides is 3. The molecule has 1 fully saturated rings. The molecule has 0 aliphatic carbocycles. The fourth-order valence-corrected chi connectivity index (χ4v) is 2.63. The SMILES string of the molecule is Nc1ccc(C(=O)C2CCN(C(=O)O)CC2)cc1C(=O)C(F)(F)F. The summed E-state index contributed by atoms with van der Waals surface area (Å²) in [6, 6.07) is 3.23. The second kappa shape index (κ2) is 6.50. The Morgan fingerprint density at radius 3 is 2.25 bits per heavy atom. The average Bonchev–Trinajstić information content (AvgIpc) is 2.53. The zero-order chi connectivity index (χ0) is 18.1. The minimum Gasteiger partial charge on any atom is -0.465 e. The van der Waals surface area contributed by atoms with Crippen molar-refractivity contribution in [3.05, 3.63) is 29.3 Å². The average molecular weight is 344 g/mol. The fourth-order valence-electron chi connectivity index (χ4n) is 2.63. The summed E-state index contributed by atoms with van der Waals surface area (Å²) >= 11 is 0. The molecule has 1 saturated heterocycles. The molecule has 0 atom stereocenters. The van der Waals surface area contributed by atoms with Crippen LogP contribution >= 0.6 is 0 Å². The number of amides is 1. The van der Waals surface area contributed by atoms with E-state index in [0.717, 1.165) is 12.1 Å². The van der Waals surface area contributed by atoms with Gasteiger partial charge in [0.25, 0.3) is 5.78 Å². The Hall–Kier alpha value is -2.58. The number of rotatable bonds is 3. The number of nitrogen functional groups attached to an aromatic ring is 1. The zero-order valence-corrected chi connectivity index (χ0v) is 12.5. The van der Waals surface area contributed by atoms with Crippen LogP contribution < -0.4 is 5.73 Å². The van der Waals surface area contributed by atoms with Crippen molar-refractivity contribution in [1.82, 2.24) is 4.90 Å². The number of halogens is 3. The van der Waals surface area contributed by atoms with Crippen molar-refractivity contribution < 1.29 is 32.7 Å². The molecule has 6 nitrogen and oxygen atoms in total. The first-order valence-electron chi connectivity index (χ1n) is 7.14. The van der Waals surface area contributed by atoms with E-state index >= 15 is 0 Å². The topological polar surface area (TPSA) is 101 Å². The van der Waals surface area contributed by atoms with Crippen LogP contribution in [0, 0.1) is 5.92 Å². The first-order chi connectivity index (χ1) is 11.1. The van der Waals surface area contributed by atoms with Gasteiger partial charge in [-0.1, -0.05) is 0 Å². The molecule has 1 aliphatic heterocycles. The predicted molar refractivity (Wildman–Crippen MR) is 77.9 cm³/mol. The Balaban J connectivity index is 2.19. The van der Waals surface area contributed by atoms with E-state index in [0.29, 0.717) is 0 Å². The van der Waals surface area contributed by atoms with Crippen molar-refractivity contribution >= 4 is 23.3 Å². The van der Waals surface area contributed by atoms with Crippen LogP contribution in [0.15, 0.2) is 18.2 Å². The summed E-state index contributed by atoms with van der Waals surface area (Å²) in [5.74, 6) is -3.02. The molecule has 24 heavy (non-hydrogen) atoms. The molecule has 0 bridgehead atoms. The van der Waals surface area contributed by atoms with Gasteiger partial charge in [-0.25, -0.2) is 4.79 Å². The molecule has 0 aromatic heterocycles. The molecule has 1 aromatic rings. The number of piperidine rings is 1. The molecule has 130 valence electrons. The Morgan fingerprint density at radius 1 is 1.17 bits per heavy atom. The Kier molecular flexibility index (Phi) is 4.81. The highest BCUT2D eigenvalue weighted by Gasteiger charge is 2.40. The number of anilines is 1. The first-order valence-corrected chi connectivity index (χ1v) is 7.14. The molecule has 1 heterocycles. The van der Waals surface area contributed by atoms with Crippen molar-refractivity contribution in [3.63, 3.8) is 0 Å². The summed E-state index contributed by atoms with van der Waals surface area (Å²) in [5, 5.41) is 8.87. The summed E-state index contributed by atoms with van der Waals surface area (Å²) < 4.78 is 37.7. The van der Waals surface area contributed by atoms with Crippen LogP contribution in [-0.2, 0) is 0 Å². The van der Waals surface area contributed by atoms with Crippen LogP contribution in [0.4, 0.5) is 23.7 Å². The van der Waals surface area contributed by atoms with E-state index in [1.807, 2.05) is 0 Å². The Bertz CT molecular complexity index is 680. The van der Waals surface area contributed by atoms with Gasteiger partial charge in [0, 0.05) is 30.3 Å². The van der Waals surface area contributed by atoms with Crippen molar-refractivity contribution in [1.29, 1.82) is 0 Å². The number of carbonyl (C=O) groups is 3. The Labute approximate surface area is 135 Å². The first kappa shape index (κ1) is 17.8. The molecule has 0 unspecified atom stereocenters. The van der Waals surface area contributed by atoms with Gasteiger partial charge in [0.15, 0.2) is 5.78 Å². The molecule has 9 heteroatoms. The maximum Gasteiger partial charge on any atom is 0.454 e. The standard InChI is InChI=1S/C15H15F3N2O4/c16-15(17,18)13(22)10-7-9(1-2-11(10)19)12(21)8-3-5-20(6-4-8)14(23)24/h1-2,7-8H,3-6,19H2,(H,23,24). The lowest BCUT2D eigenvalue weighted by molar-refractivity contribution is -0.0884. The number of nitrogens with zero attached hydrogens (tertiary/aromatic N) is 1. The smallest absolute Gasteiger partial charge is 0.454 e. The lowest BCUT2D eigenvalue weighted by Gasteiger charge is -2.29. The summed E-state index contributed by atoms with van der Waals surface area (Å²) in [6.07, 6.45) is -5.61. The van der Waals surface area contributed by atoms with Crippen LogP contribution in [0.1, 0.15) is 33.6 Å². The number of Topliss-reactive ketones (excluding diaryl/α,β-unsaturated/α-hetero) is 2. The molecule has 2 rings (SSSR count). The molecule has 0 radical (unpaired) electrons. The minimum absolute atomic E-state index is 0.0365. The fraction of sp³-hybridized carbons (Fsp3) is 0.400. The van der Waals surface area contributed by atoms with Gasteiger partial charge < -0.3 is 15.7 Å². The second-order valence-corrected chi connectivity index (χ2v) is 5.54. The van der Waals surface area contributed by atoms with Crippen LogP contribution in [-0.4, -0.2) is 46.9 Å². The van der Waals surface area contributed by atoms with Crippen molar-refractivity contribution in [2.24, 2.45) is 5.92 Å². The Morgan fingerprint density at radius 2 is 1.75 bits per heavy atom. The second-order valence-electron chi connectivity index (χ2n) is 5.54. The van der Waals surface area contributed by atoms with Gasteiger partial charge in [-0.15, -0.1) is 0 Å². The third-order valence-corrected chi connectivity index (χ3v) is 3.98. The number of carbonyl (C=O) groups excluding carboxylic acids is 2. The number of likely N-dealkylation sites (tertiary alicyclic amines) is 1. The van der Waals surface area contributed by atoms with Crippen molar-refractivity contribution in [2.75, 3.05) is 18.8 Å². The molecule has 0 spiro atoms. The molecule has 1 amide bonds. The largest absolute Gasteiger partial charge is 0.465 e. The predicted octanol–water partition coefficient (Wildman–Crippen LogP) is 2.59. The third kappa shape index (κ3) is 3.66. The van der Waals surface area contributed by atoms with Crippen molar-refractivity contribution in [3.8, 4) is 0 Å². The van der Waals surface area contributed by atoms with E-state index in [4.69, 9.17) is 10.8 Å².